The van der Waals surface area contributed by atoms with Gasteiger partial charge in [-0.1, -0.05) is 43.5 Å². The van der Waals surface area contributed by atoms with Crippen LogP contribution in [0.4, 0.5) is 0 Å². The van der Waals surface area contributed by atoms with E-state index in [-0.39, 0.29) is 17.9 Å². The lowest BCUT2D eigenvalue weighted by Gasteiger charge is -2.31. The number of amides is 2. The van der Waals surface area contributed by atoms with Gasteiger partial charge in [0.15, 0.2) is 0 Å². The number of benzene rings is 2. The van der Waals surface area contributed by atoms with Gasteiger partial charge in [0, 0.05) is 24.0 Å². The summed E-state index contributed by atoms with van der Waals surface area (Å²) in [5.74, 6) is 1.32. The molecule has 1 fully saturated rings. The Morgan fingerprint density at radius 2 is 1.85 bits per heavy atom. The van der Waals surface area contributed by atoms with Gasteiger partial charge in [0.1, 0.15) is 17.5 Å². The molecule has 2 amide bonds. The van der Waals surface area contributed by atoms with Crippen molar-refractivity contribution in [1.82, 2.24) is 10.2 Å². The van der Waals surface area contributed by atoms with Crippen LogP contribution in [0.3, 0.4) is 0 Å². The average molecular weight is 487 g/mol. The lowest BCUT2D eigenvalue weighted by atomic mass is 10.1. The van der Waals surface area contributed by atoms with Crippen LogP contribution in [0.5, 0.6) is 11.5 Å². The minimum Gasteiger partial charge on any atom is -0.497 e. The SMILES string of the molecule is CC[C@H](C(=O)NC1CCCC1)N(Cc1cccc(OC)c1)C(=O)CCCOc1ccc(Cl)cc1. The molecule has 1 aliphatic carbocycles. The van der Waals surface area contributed by atoms with Crippen molar-refractivity contribution in [3.05, 3.63) is 59.1 Å². The highest BCUT2D eigenvalue weighted by atomic mass is 35.5. The van der Waals surface area contributed by atoms with E-state index in [1.54, 1.807) is 36.3 Å². The molecule has 1 aliphatic rings. The zero-order valence-electron chi connectivity index (χ0n) is 20.1. The highest BCUT2D eigenvalue weighted by molar-refractivity contribution is 6.30. The molecular formula is C27H35ClN2O4. The van der Waals surface area contributed by atoms with E-state index in [4.69, 9.17) is 21.1 Å². The number of nitrogens with zero attached hydrogens (tertiary/aromatic N) is 1. The Morgan fingerprint density at radius 3 is 2.53 bits per heavy atom. The van der Waals surface area contributed by atoms with Crippen LogP contribution >= 0.6 is 11.6 Å². The van der Waals surface area contributed by atoms with E-state index in [0.717, 1.165) is 37.0 Å². The summed E-state index contributed by atoms with van der Waals surface area (Å²) in [6.07, 6.45) is 5.70. The molecule has 0 saturated heterocycles. The number of hydrogen-bond donors (Lipinski definition) is 1. The Kier molecular flexibility index (Phi) is 10.1. The molecule has 0 spiro atoms. The number of carbonyl (C=O) groups is 2. The van der Waals surface area contributed by atoms with Crippen molar-refractivity contribution in [2.45, 2.75) is 70.5 Å². The van der Waals surface area contributed by atoms with Gasteiger partial charge in [-0.15, -0.1) is 0 Å². The van der Waals surface area contributed by atoms with Gasteiger partial charge >= 0.3 is 0 Å². The molecule has 0 bridgehead atoms. The van der Waals surface area contributed by atoms with Crippen LogP contribution in [0.25, 0.3) is 0 Å². The fraction of sp³-hybridized carbons (Fsp3) is 0.481. The molecule has 2 aromatic carbocycles. The van der Waals surface area contributed by atoms with Gasteiger partial charge in [-0.25, -0.2) is 0 Å². The fourth-order valence-electron chi connectivity index (χ4n) is 4.34. The molecule has 1 atom stereocenters. The van der Waals surface area contributed by atoms with Gasteiger partial charge in [-0.2, -0.15) is 0 Å². The molecule has 184 valence electrons. The third-order valence-corrected chi connectivity index (χ3v) is 6.44. The van der Waals surface area contributed by atoms with Crippen molar-refractivity contribution in [2.24, 2.45) is 0 Å². The lowest BCUT2D eigenvalue weighted by molar-refractivity contribution is -0.141. The van der Waals surface area contributed by atoms with Crippen LogP contribution in [0.2, 0.25) is 5.02 Å². The van der Waals surface area contributed by atoms with E-state index in [2.05, 4.69) is 5.32 Å². The quantitative estimate of drug-likeness (QED) is 0.409. The van der Waals surface area contributed by atoms with Crippen LogP contribution in [-0.2, 0) is 16.1 Å². The maximum Gasteiger partial charge on any atom is 0.243 e. The molecule has 7 heteroatoms. The second-order valence-corrected chi connectivity index (χ2v) is 9.13. The molecule has 1 N–H and O–H groups in total. The number of methoxy groups -OCH3 is 1. The molecule has 0 aliphatic heterocycles. The van der Waals surface area contributed by atoms with E-state index >= 15 is 0 Å². The summed E-state index contributed by atoms with van der Waals surface area (Å²) in [4.78, 5) is 28.2. The highest BCUT2D eigenvalue weighted by Crippen LogP contribution is 2.21. The van der Waals surface area contributed by atoms with Crippen molar-refractivity contribution < 1.29 is 19.1 Å². The Balaban J connectivity index is 1.66. The number of halogens is 1. The molecule has 0 radical (unpaired) electrons. The second-order valence-electron chi connectivity index (χ2n) is 8.69. The number of ether oxygens (including phenoxy) is 2. The zero-order valence-corrected chi connectivity index (χ0v) is 20.9. The lowest BCUT2D eigenvalue weighted by Crippen LogP contribution is -2.50. The molecule has 6 nitrogen and oxygen atoms in total. The molecule has 34 heavy (non-hydrogen) atoms. The van der Waals surface area contributed by atoms with Crippen molar-refractivity contribution in [3.8, 4) is 11.5 Å². The topological polar surface area (TPSA) is 67.9 Å². The minimum absolute atomic E-state index is 0.0593. The van der Waals surface area contributed by atoms with Crippen LogP contribution in [-0.4, -0.2) is 42.5 Å². The Hall–Kier alpha value is -2.73. The summed E-state index contributed by atoms with van der Waals surface area (Å²) in [6.45, 7) is 2.71. The summed E-state index contributed by atoms with van der Waals surface area (Å²) in [5.41, 5.74) is 0.928. The number of nitrogens with one attached hydrogen (secondary N) is 1. The first-order valence-corrected chi connectivity index (χ1v) is 12.5. The summed E-state index contributed by atoms with van der Waals surface area (Å²) in [5, 5.41) is 3.82. The third kappa shape index (κ3) is 7.66. The molecule has 0 heterocycles. The van der Waals surface area contributed by atoms with Gasteiger partial charge < -0.3 is 19.7 Å². The minimum atomic E-state index is -0.517. The third-order valence-electron chi connectivity index (χ3n) is 6.19. The predicted molar refractivity (Wildman–Crippen MR) is 134 cm³/mol. The fourth-order valence-corrected chi connectivity index (χ4v) is 4.47. The van der Waals surface area contributed by atoms with Crippen LogP contribution in [0.1, 0.15) is 57.4 Å². The molecule has 0 aromatic heterocycles. The van der Waals surface area contributed by atoms with Crippen molar-refractivity contribution in [2.75, 3.05) is 13.7 Å². The van der Waals surface area contributed by atoms with Gasteiger partial charge in [-0.3, -0.25) is 9.59 Å². The molecular weight excluding hydrogens is 452 g/mol. The van der Waals surface area contributed by atoms with Crippen LogP contribution in [0.15, 0.2) is 48.5 Å². The van der Waals surface area contributed by atoms with Crippen LogP contribution in [0, 0.1) is 0 Å². The van der Waals surface area contributed by atoms with Crippen molar-refractivity contribution >= 4 is 23.4 Å². The van der Waals surface area contributed by atoms with Gasteiger partial charge in [0.25, 0.3) is 0 Å². The molecule has 2 aromatic rings. The van der Waals surface area contributed by atoms with E-state index in [1.807, 2.05) is 31.2 Å². The Bertz CT molecular complexity index is 928. The van der Waals surface area contributed by atoms with Gasteiger partial charge in [0.05, 0.1) is 13.7 Å². The normalized spacial score (nSPS) is 14.4. The molecule has 0 unspecified atom stereocenters. The maximum absolute atomic E-state index is 13.3. The smallest absolute Gasteiger partial charge is 0.243 e. The Labute approximate surface area is 207 Å². The van der Waals surface area contributed by atoms with E-state index in [0.29, 0.717) is 43.2 Å². The number of carbonyl (C=O) groups excluding carboxylic acids is 2. The zero-order chi connectivity index (χ0) is 24.3. The monoisotopic (exact) mass is 486 g/mol. The van der Waals surface area contributed by atoms with E-state index < -0.39 is 6.04 Å². The average Bonchev–Trinajstić information content (AvgIpc) is 3.35. The van der Waals surface area contributed by atoms with Crippen LogP contribution < -0.4 is 14.8 Å². The number of rotatable bonds is 12. The van der Waals surface area contributed by atoms with Gasteiger partial charge in [-0.05, 0) is 67.6 Å². The first-order chi connectivity index (χ1) is 16.5. The standard InChI is InChI=1S/C27H35ClN2O4/c1-3-25(27(32)29-22-9-4-5-10-22)30(19-20-8-6-11-24(18-20)33-2)26(31)12-7-17-34-23-15-13-21(28)14-16-23/h6,8,11,13-16,18,22,25H,3-5,7,9-10,12,17,19H2,1-2H3,(H,29,32)/t25-/m1/s1. The van der Waals surface area contributed by atoms with E-state index in [1.165, 1.54) is 0 Å². The molecule has 3 rings (SSSR count). The second kappa shape index (κ2) is 13.2. The van der Waals surface area contributed by atoms with Crippen molar-refractivity contribution in [1.29, 1.82) is 0 Å². The van der Waals surface area contributed by atoms with E-state index in [9.17, 15) is 9.59 Å². The maximum atomic E-state index is 13.3. The highest BCUT2D eigenvalue weighted by Gasteiger charge is 2.30. The summed E-state index contributed by atoms with van der Waals surface area (Å²) in [7, 11) is 1.62. The number of hydrogen-bond acceptors (Lipinski definition) is 4. The largest absolute Gasteiger partial charge is 0.497 e. The van der Waals surface area contributed by atoms with Gasteiger partial charge in [0.2, 0.25) is 11.8 Å². The summed E-state index contributed by atoms with van der Waals surface area (Å²) >= 11 is 5.91. The summed E-state index contributed by atoms with van der Waals surface area (Å²) in [6, 6.07) is 14.5. The van der Waals surface area contributed by atoms with Crippen molar-refractivity contribution in [3.63, 3.8) is 0 Å². The summed E-state index contributed by atoms with van der Waals surface area (Å²) < 4.78 is 11.1. The predicted octanol–water partition coefficient (Wildman–Crippen LogP) is 5.37. The first-order valence-electron chi connectivity index (χ1n) is 12.1. The Morgan fingerprint density at radius 1 is 1.12 bits per heavy atom. The molecule has 1 saturated carbocycles. The first kappa shape index (κ1) is 25.9.